The highest BCUT2D eigenvalue weighted by molar-refractivity contribution is 5.15. The van der Waals surface area contributed by atoms with Gasteiger partial charge >= 0.3 is 0 Å². The first-order chi connectivity index (χ1) is 9.21. The van der Waals surface area contributed by atoms with E-state index in [0.29, 0.717) is 0 Å². The average molecular weight is 267 g/mol. The van der Waals surface area contributed by atoms with Gasteiger partial charge in [-0.2, -0.15) is 0 Å². The predicted octanol–water partition coefficient (Wildman–Crippen LogP) is 2.99. The third kappa shape index (κ3) is 5.66. The lowest BCUT2D eigenvalue weighted by Crippen LogP contribution is -2.30. The standard InChI is InChI=1S/C15H26FN3/c1-4-8-18-15(7-9-19(5-2)6-3)13-10-14(16)12-17-11-13/h10-12,15,18H,4-9H2,1-3H3. The molecular formula is C15H26FN3. The Morgan fingerprint density at radius 3 is 2.58 bits per heavy atom. The molecule has 0 fully saturated rings. The Morgan fingerprint density at radius 2 is 2.00 bits per heavy atom. The van der Waals surface area contributed by atoms with E-state index in [1.165, 1.54) is 6.20 Å². The van der Waals surface area contributed by atoms with Gasteiger partial charge in [-0.3, -0.25) is 4.98 Å². The first-order valence-corrected chi connectivity index (χ1v) is 7.27. The zero-order valence-electron chi connectivity index (χ0n) is 12.3. The van der Waals surface area contributed by atoms with Gasteiger partial charge in [-0.15, -0.1) is 0 Å². The van der Waals surface area contributed by atoms with Crippen molar-refractivity contribution in [2.45, 2.75) is 39.7 Å². The van der Waals surface area contributed by atoms with Crippen molar-refractivity contribution in [2.75, 3.05) is 26.2 Å². The van der Waals surface area contributed by atoms with Gasteiger partial charge in [0, 0.05) is 12.2 Å². The van der Waals surface area contributed by atoms with E-state index in [0.717, 1.165) is 44.6 Å². The van der Waals surface area contributed by atoms with Crippen molar-refractivity contribution in [2.24, 2.45) is 0 Å². The molecule has 1 rings (SSSR count). The van der Waals surface area contributed by atoms with Crippen molar-refractivity contribution in [1.29, 1.82) is 0 Å². The highest BCUT2D eigenvalue weighted by atomic mass is 19.1. The molecule has 1 unspecified atom stereocenters. The molecule has 3 nitrogen and oxygen atoms in total. The Balaban J connectivity index is 2.65. The van der Waals surface area contributed by atoms with Crippen LogP contribution >= 0.6 is 0 Å². The van der Waals surface area contributed by atoms with Gasteiger partial charge in [0.1, 0.15) is 5.82 Å². The topological polar surface area (TPSA) is 28.2 Å². The minimum Gasteiger partial charge on any atom is -0.310 e. The van der Waals surface area contributed by atoms with Gasteiger partial charge in [0.15, 0.2) is 0 Å². The quantitative estimate of drug-likeness (QED) is 0.745. The molecule has 1 atom stereocenters. The summed E-state index contributed by atoms with van der Waals surface area (Å²) in [5.41, 5.74) is 0.945. The normalized spacial score (nSPS) is 12.9. The van der Waals surface area contributed by atoms with Crippen molar-refractivity contribution < 1.29 is 4.39 Å². The second kappa shape index (κ2) is 8.99. The molecule has 108 valence electrons. The number of hydrogen-bond donors (Lipinski definition) is 1. The Labute approximate surface area is 116 Å². The molecule has 0 aliphatic heterocycles. The van der Waals surface area contributed by atoms with Crippen molar-refractivity contribution >= 4 is 0 Å². The van der Waals surface area contributed by atoms with E-state index in [1.54, 1.807) is 12.3 Å². The summed E-state index contributed by atoms with van der Waals surface area (Å²) in [4.78, 5) is 6.33. The smallest absolute Gasteiger partial charge is 0.141 e. The fourth-order valence-corrected chi connectivity index (χ4v) is 2.18. The molecule has 1 N–H and O–H groups in total. The molecule has 0 radical (unpaired) electrons. The largest absolute Gasteiger partial charge is 0.310 e. The van der Waals surface area contributed by atoms with Crippen LogP contribution in [0.3, 0.4) is 0 Å². The van der Waals surface area contributed by atoms with Gasteiger partial charge in [-0.25, -0.2) is 4.39 Å². The monoisotopic (exact) mass is 267 g/mol. The van der Waals surface area contributed by atoms with Crippen LogP contribution in [0.25, 0.3) is 0 Å². The molecule has 1 heterocycles. The molecule has 1 aromatic rings. The summed E-state index contributed by atoms with van der Waals surface area (Å²) in [6.07, 6.45) is 5.07. The molecular weight excluding hydrogens is 241 g/mol. The summed E-state index contributed by atoms with van der Waals surface area (Å²) in [5.74, 6) is -0.261. The lowest BCUT2D eigenvalue weighted by atomic mass is 10.1. The molecule has 0 aromatic carbocycles. The van der Waals surface area contributed by atoms with E-state index in [-0.39, 0.29) is 11.9 Å². The van der Waals surface area contributed by atoms with Gasteiger partial charge in [0.05, 0.1) is 6.20 Å². The second-order valence-corrected chi connectivity index (χ2v) is 4.76. The van der Waals surface area contributed by atoms with Crippen LogP contribution in [0, 0.1) is 5.82 Å². The van der Waals surface area contributed by atoms with E-state index in [4.69, 9.17) is 0 Å². The minimum atomic E-state index is -0.261. The van der Waals surface area contributed by atoms with Crippen LogP contribution in [0.1, 0.15) is 45.2 Å². The number of pyridine rings is 1. The zero-order valence-corrected chi connectivity index (χ0v) is 12.3. The maximum Gasteiger partial charge on any atom is 0.141 e. The maximum absolute atomic E-state index is 13.3. The summed E-state index contributed by atoms with van der Waals surface area (Å²) in [6.45, 7) is 10.5. The van der Waals surface area contributed by atoms with Crippen molar-refractivity contribution in [3.8, 4) is 0 Å². The summed E-state index contributed by atoms with van der Waals surface area (Å²) in [5, 5.41) is 3.48. The third-order valence-corrected chi connectivity index (χ3v) is 3.40. The summed E-state index contributed by atoms with van der Waals surface area (Å²) in [7, 11) is 0. The van der Waals surface area contributed by atoms with Gasteiger partial charge in [-0.1, -0.05) is 20.8 Å². The van der Waals surface area contributed by atoms with E-state index >= 15 is 0 Å². The molecule has 0 bridgehead atoms. The van der Waals surface area contributed by atoms with E-state index in [2.05, 4.69) is 36.0 Å². The predicted molar refractivity (Wildman–Crippen MR) is 77.6 cm³/mol. The lowest BCUT2D eigenvalue weighted by Gasteiger charge is -2.23. The number of nitrogens with zero attached hydrogens (tertiary/aromatic N) is 2. The molecule has 0 saturated carbocycles. The van der Waals surface area contributed by atoms with Crippen LogP contribution in [0.15, 0.2) is 18.5 Å². The summed E-state index contributed by atoms with van der Waals surface area (Å²) >= 11 is 0. The highest BCUT2D eigenvalue weighted by Crippen LogP contribution is 2.17. The minimum absolute atomic E-state index is 0.184. The Hall–Kier alpha value is -1.00. The number of nitrogens with one attached hydrogen (secondary N) is 1. The molecule has 0 saturated heterocycles. The highest BCUT2D eigenvalue weighted by Gasteiger charge is 2.13. The third-order valence-electron chi connectivity index (χ3n) is 3.40. The van der Waals surface area contributed by atoms with Gasteiger partial charge in [0.25, 0.3) is 0 Å². The lowest BCUT2D eigenvalue weighted by molar-refractivity contribution is 0.281. The van der Waals surface area contributed by atoms with Crippen LogP contribution in [0.2, 0.25) is 0 Å². The number of rotatable bonds is 9. The van der Waals surface area contributed by atoms with Crippen LogP contribution < -0.4 is 5.32 Å². The number of halogens is 1. The Kier molecular flexibility index (Phi) is 7.60. The fraction of sp³-hybridized carbons (Fsp3) is 0.667. The zero-order chi connectivity index (χ0) is 14.1. The molecule has 19 heavy (non-hydrogen) atoms. The molecule has 1 aromatic heterocycles. The molecule has 0 aliphatic carbocycles. The maximum atomic E-state index is 13.3. The van der Waals surface area contributed by atoms with Crippen molar-refractivity contribution in [3.63, 3.8) is 0 Å². The van der Waals surface area contributed by atoms with Crippen LogP contribution in [-0.2, 0) is 0 Å². The van der Waals surface area contributed by atoms with Crippen molar-refractivity contribution in [3.05, 3.63) is 29.8 Å². The Morgan fingerprint density at radius 1 is 1.26 bits per heavy atom. The summed E-state index contributed by atoms with van der Waals surface area (Å²) < 4.78 is 13.3. The second-order valence-electron chi connectivity index (χ2n) is 4.76. The van der Waals surface area contributed by atoms with E-state index < -0.39 is 0 Å². The SMILES string of the molecule is CCCNC(CCN(CC)CC)c1cncc(F)c1. The van der Waals surface area contributed by atoms with Gasteiger partial charge in [-0.05, 0) is 50.7 Å². The number of aromatic nitrogens is 1. The molecule has 0 amide bonds. The van der Waals surface area contributed by atoms with Gasteiger partial charge < -0.3 is 10.2 Å². The first kappa shape index (κ1) is 16.1. The van der Waals surface area contributed by atoms with Crippen LogP contribution in [0.4, 0.5) is 4.39 Å². The van der Waals surface area contributed by atoms with Crippen molar-refractivity contribution in [1.82, 2.24) is 15.2 Å². The fourth-order valence-electron chi connectivity index (χ4n) is 2.18. The molecule has 4 heteroatoms. The Bertz CT molecular complexity index is 353. The van der Waals surface area contributed by atoms with E-state index in [9.17, 15) is 4.39 Å². The van der Waals surface area contributed by atoms with Crippen LogP contribution in [-0.4, -0.2) is 36.1 Å². The van der Waals surface area contributed by atoms with Gasteiger partial charge in [0.2, 0.25) is 0 Å². The van der Waals surface area contributed by atoms with E-state index in [1.807, 2.05) is 0 Å². The van der Waals surface area contributed by atoms with Crippen LogP contribution in [0.5, 0.6) is 0 Å². The molecule has 0 aliphatic rings. The first-order valence-electron chi connectivity index (χ1n) is 7.27. The summed E-state index contributed by atoms with van der Waals surface area (Å²) in [6, 6.07) is 1.77. The molecule has 0 spiro atoms. The average Bonchev–Trinajstić information content (AvgIpc) is 2.43. The number of hydrogen-bond acceptors (Lipinski definition) is 3.